The SMILES string of the molecule is COc1ccccc1C(=O)Nc1ccc(Cl)cc1C(=O)O. The van der Waals surface area contributed by atoms with Gasteiger partial charge in [0.25, 0.3) is 5.91 Å². The normalized spacial score (nSPS) is 10.0. The summed E-state index contributed by atoms with van der Waals surface area (Å²) in [7, 11) is 1.46. The van der Waals surface area contributed by atoms with Crippen molar-refractivity contribution in [2.24, 2.45) is 0 Å². The number of anilines is 1. The highest BCUT2D eigenvalue weighted by atomic mass is 35.5. The molecule has 0 fully saturated rings. The predicted octanol–water partition coefficient (Wildman–Crippen LogP) is 3.30. The Balaban J connectivity index is 2.34. The van der Waals surface area contributed by atoms with Crippen LogP contribution in [0.15, 0.2) is 42.5 Å². The highest BCUT2D eigenvalue weighted by Gasteiger charge is 2.16. The minimum Gasteiger partial charge on any atom is -0.496 e. The molecule has 0 heterocycles. The first-order chi connectivity index (χ1) is 10.0. The topological polar surface area (TPSA) is 75.6 Å². The summed E-state index contributed by atoms with van der Waals surface area (Å²) in [6.07, 6.45) is 0. The maximum atomic E-state index is 12.2. The molecule has 6 heteroatoms. The Kier molecular flexibility index (Phi) is 4.45. The molecule has 2 N–H and O–H groups in total. The number of rotatable bonds is 4. The number of carbonyl (C=O) groups excluding carboxylic acids is 1. The maximum Gasteiger partial charge on any atom is 0.337 e. The number of carboxylic acids is 1. The van der Waals surface area contributed by atoms with Gasteiger partial charge in [0.1, 0.15) is 5.75 Å². The fraction of sp³-hybridized carbons (Fsp3) is 0.0667. The van der Waals surface area contributed by atoms with E-state index in [1.54, 1.807) is 24.3 Å². The van der Waals surface area contributed by atoms with Crippen molar-refractivity contribution in [3.8, 4) is 5.75 Å². The number of nitrogens with one attached hydrogen (secondary N) is 1. The number of amides is 1. The Hall–Kier alpha value is -2.53. The highest BCUT2D eigenvalue weighted by Crippen LogP contribution is 2.23. The van der Waals surface area contributed by atoms with E-state index >= 15 is 0 Å². The first-order valence-electron chi connectivity index (χ1n) is 6.00. The fourth-order valence-corrected chi connectivity index (χ4v) is 2.00. The molecular weight excluding hydrogens is 294 g/mol. The second-order valence-corrected chi connectivity index (χ2v) is 4.59. The standard InChI is InChI=1S/C15H12ClNO4/c1-21-13-5-3-2-4-10(13)14(18)17-12-7-6-9(16)8-11(12)15(19)20/h2-8H,1H3,(H,17,18)(H,19,20). The molecule has 0 unspecified atom stereocenters. The van der Waals surface area contributed by atoms with Gasteiger partial charge < -0.3 is 15.2 Å². The summed E-state index contributed by atoms with van der Waals surface area (Å²) >= 11 is 5.77. The molecule has 1 amide bonds. The molecule has 2 aromatic carbocycles. The number of aromatic carboxylic acids is 1. The van der Waals surface area contributed by atoms with Crippen molar-refractivity contribution in [2.75, 3.05) is 12.4 Å². The number of hydrogen-bond acceptors (Lipinski definition) is 3. The summed E-state index contributed by atoms with van der Waals surface area (Å²) in [6, 6.07) is 10.9. The zero-order valence-corrected chi connectivity index (χ0v) is 11.8. The lowest BCUT2D eigenvalue weighted by molar-refractivity contribution is 0.0698. The predicted molar refractivity (Wildman–Crippen MR) is 79.4 cm³/mol. The van der Waals surface area contributed by atoms with Crippen LogP contribution >= 0.6 is 11.6 Å². The quantitative estimate of drug-likeness (QED) is 0.908. The second-order valence-electron chi connectivity index (χ2n) is 4.15. The lowest BCUT2D eigenvalue weighted by Gasteiger charge is -2.11. The first-order valence-corrected chi connectivity index (χ1v) is 6.38. The average Bonchev–Trinajstić information content (AvgIpc) is 2.48. The van der Waals surface area contributed by atoms with Crippen LogP contribution in [0.3, 0.4) is 0 Å². The van der Waals surface area contributed by atoms with Gasteiger partial charge in [-0.3, -0.25) is 4.79 Å². The number of halogens is 1. The van der Waals surface area contributed by atoms with Crippen molar-refractivity contribution < 1.29 is 19.4 Å². The molecule has 0 bridgehead atoms. The van der Waals surface area contributed by atoms with Crippen LogP contribution in [0.2, 0.25) is 5.02 Å². The van der Waals surface area contributed by atoms with E-state index in [0.29, 0.717) is 11.3 Å². The van der Waals surface area contributed by atoms with Crippen LogP contribution in [-0.4, -0.2) is 24.1 Å². The summed E-state index contributed by atoms with van der Waals surface area (Å²) in [6.45, 7) is 0. The summed E-state index contributed by atoms with van der Waals surface area (Å²) in [5, 5.41) is 12.0. The smallest absolute Gasteiger partial charge is 0.337 e. The molecule has 0 saturated heterocycles. The van der Waals surface area contributed by atoms with Crippen molar-refractivity contribution in [1.82, 2.24) is 0 Å². The number of hydrogen-bond donors (Lipinski definition) is 2. The number of methoxy groups -OCH3 is 1. The van der Waals surface area contributed by atoms with Crippen molar-refractivity contribution in [3.63, 3.8) is 0 Å². The number of para-hydroxylation sites is 1. The molecule has 2 aromatic rings. The third kappa shape index (κ3) is 3.32. The first kappa shape index (κ1) is 14.9. The van der Waals surface area contributed by atoms with Gasteiger partial charge in [-0.25, -0.2) is 4.79 Å². The van der Waals surface area contributed by atoms with E-state index in [9.17, 15) is 9.59 Å². The zero-order chi connectivity index (χ0) is 15.4. The summed E-state index contributed by atoms with van der Waals surface area (Å²) in [5.41, 5.74) is 0.403. The monoisotopic (exact) mass is 305 g/mol. The Morgan fingerprint density at radius 3 is 2.52 bits per heavy atom. The molecule has 0 aromatic heterocycles. The van der Waals surface area contributed by atoms with Crippen LogP contribution in [0.1, 0.15) is 20.7 Å². The van der Waals surface area contributed by atoms with Crippen molar-refractivity contribution in [2.45, 2.75) is 0 Å². The lowest BCUT2D eigenvalue weighted by atomic mass is 10.1. The van der Waals surface area contributed by atoms with Crippen LogP contribution in [0.4, 0.5) is 5.69 Å². The molecule has 0 atom stereocenters. The minimum atomic E-state index is -1.17. The molecule has 108 valence electrons. The minimum absolute atomic E-state index is 0.0780. The zero-order valence-electron chi connectivity index (χ0n) is 11.1. The van der Waals surface area contributed by atoms with E-state index in [-0.39, 0.29) is 16.3 Å². The highest BCUT2D eigenvalue weighted by molar-refractivity contribution is 6.31. The second kappa shape index (κ2) is 6.28. The maximum absolute atomic E-state index is 12.2. The van der Waals surface area contributed by atoms with Crippen LogP contribution in [0, 0.1) is 0 Å². The van der Waals surface area contributed by atoms with E-state index in [4.69, 9.17) is 21.4 Å². The van der Waals surface area contributed by atoms with Gasteiger partial charge in [-0.05, 0) is 30.3 Å². The third-order valence-corrected chi connectivity index (χ3v) is 3.05. The molecule has 0 aliphatic rings. The fourth-order valence-electron chi connectivity index (χ4n) is 1.82. The van der Waals surface area contributed by atoms with E-state index in [1.165, 1.54) is 25.3 Å². The van der Waals surface area contributed by atoms with Gasteiger partial charge >= 0.3 is 5.97 Å². The van der Waals surface area contributed by atoms with Crippen LogP contribution in [-0.2, 0) is 0 Å². The molecule has 0 spiro atoms. The molecular formula is C15H12ClNO4. The summed E-state index contributed by atoms with van der Waals surface area (Å²) in [5.74, 6) is -1.23. The van der Waals surface area contributed by atoms with Crippen LogP contribution in [0.25, 0.3) is 0 Å². The van der Waals surface area contributed by atoms with Crippen LogP contribution in [0.5, 0.6) is 5.75 Å². The van der Waals surface area contributed by atoms with Crippen molar-refractivity contribution >= 4 is 29.2 Å². The number of ether oxygens (including phenoxy) is 1. The number of carboxylic acid groups (broad SMARTS) is 1. The molecule has 0 saturated carbocycles. The van der Waals surface area contributed by atoms with Crippen LogP contribution < -0.4 is 10.1 Å². The van der Waals surface area contributed by atoms with Gasteiger partial charge in [0, 0.05) is 5.02 Å². The van der Waals surface area contributed by atoms with Crippen molar-refractivity contribution in [3.05, 3.63) is 58.6 Å². The van der Waals surface area contributed by atoms with Gasteiger partial charge in [-0.15, -0.1) is 0 Å². The van der Waals surface area contributed by atoms with E-state index in [1.807, 2.05) is 0 Å². The number of benzene rings is 2. The molecule has 5 nitrogen and oxygen atoms in total. The largest absolute Gasteiger partial charge is 0.496 e. The van der Waals surface area contributed by atoms with E-state index in [0.717, 1.165) is 0 Å². The summed E-state index contributed by atoms with van der Waals surface area (Å²) in [4.78, 5) is 23.4. The average molecular weight is 306 g/mol. The molecule has 0 aliphatic carbocycles. The molecule has 2 rings (SSSR count). The number of carbonyl (C=O) groups is 2. The Morgan fingerprint density at radius 1 is 1.14 bits per heavy atom. The van der Waals surface area contributed by atoms with Gasteiger partial charge in [-0.1, -0.05) is 23.7 Å². The Labute approximate surface area is 126 Å². The summed E-state index contributed by atoms with van der Waals surface area (Å²) < 4.78 is 5.10. The van der Waals surface area contributed by atoms with Gasteiger partial charge in [0.05, 0.1) is 23.9 Å². The molecule has 21 heavy (non-hydrogen) atoms. The van der Waals surface area contributed by atoms with Gasteiger partial charge in [-0.2, -0.15) is 0 Å². The third-order valence-electron chi connectivity index (χ3n) is 2.81. The van der Waals surface area contributed by atoms with Gasteiger partial charge in [0.2, 0.25) is 0 Å². The van der Waals surface area contributed by atoms with E-state index in [2.05, 4.69) is 5.32 Å². The molecule has 0 aliphatic heterocycles. The Morgan fingerprint density at radius 2 is 1.86 bits per heavy atom. The van der Waals surface area contributed by atoms with E-state index < -0.39 is 11.9 Å². The molecule has 0 radical (unpaired) electrons. The Bertz CT molecular complexity index is 700. The van der Waals surface area contributed by atoms with Gasteiger partial charge in [0.15, 0.2) is 0 Å². The lowest BCUT2D eigenvalue weighted by Crippen LogP contribution is -2.15. The van der Waals surface area contributed by atoms with Crippen molar-refractivity contribution in [1.29, 1.82) is 0 Å².